The number of hydrogen-bond acceptors (Lipinski definition) is 4. The van der Waals surface area contributed by atoms with E-state index in [1.54, 1.807) is 6.21 Å². The molecule has 4 rings (SSSR count). The van der Waals surface area contributed by atoms with Gasteiger partial charge in [0.2, 0.25) is 0 Å². The number of aromatic nitrogens is 2. The number of hydrogen-bond donors (Lipinski definition) is 1. The van der Waals surface area contributed by atoms with Crippen molar-refractivity contribution < 1.29 is 0 Å². The van der Waals surface area contributed by atoms with Gasteiger partial charge in [0.25, 0.3) is 0 Å². The lowest BCUT2D eigenvalue weighted by atomic mass is 10.1. The molecule has 28 heavy (non-hydrogen) atoms. The van der Waals surface area contributed by atoms with E-state index < -0.39 is 0 Å². The highest BCUT2D eigenvalue weighted by Crippen LogP contribution is 2.24. The van der Waals surface area contributed by atoms with Gasteiger partial charge in [-0.25, -0.2) is 9.97 Å². The van der Waals surface area contributed by atoms with Crippen LogP contribution in [0.25, 0.3) is 22.6 Å². The predicted octanol–water partition coefficient (Wildman–Crippen LogP) is 5.91. The maximum absolute atomic E-state index is 6.17. The Bertz CT molecular complexity index is 1040. The van der Waals surface area contributed by atoms with Crippen molar-refractivity contribution in [2.75, 3.05) is 5.43 Å². The molecule has 0 saturated carbocycles. The summed E-state index contributed by atoms with van der Waals surface area (Å²) < 4.78 is 0. The summed E-state index contributed by atoms with van der Waals surface area (Å²) in [7, 11) is 0. The molecule has 1 N–H and O–H groups in total. The van der Waals surface area contributed by atoms with Crippen molar-refractivity contribution in [1.29, 1.82) is 0 Å². The Hall–Kier alpha value is -3.50. The monoisotopic (exact) mass is 384 g/mol. The van der Waals surface area contributed by atoms with Gasteiger partial charge in [0.05, 0.1) is 11.9 Å². The number of rotatable bonds is 5. The molecule has 0 unspecified atom stereocenters. The van der Waals surface area contributed by atoms with Crippen molar-refractivity contribution in [3.63, 3.8) is 0 Å². The summed E-state index contributed by atoms with van der Waals surface area (Å²) in [5.41, 5.74) is 6.61. The van der Waals surface area contributed by atoms with Crippen molar-refractivity contribution in [3.05, 3.63) is 102 Å². The molecule has 4 nitrogen and oxygen atoms in total. The lowest BCUT2D eigenvalue weighted by Gasteiger charge is -2.08. The molecule has 4 aromatic rings. The van der Waals surface area contributed by atoms with Gasteiger partial charge in [-0.1, -0.05) is 90.5 Å². The minimum absolute atomic E-state index is 0.607. The topological polar surface area (TPSA) is 50.2 Å². The summed E-state index contributed by atoms with van der Waals surface area (Å²) in [5, 5.41) is 4.94. The summed E-state index contributed by atoms with van der Waals surface area (Å²) in [6, 6.07) is 29.3. The highest BCUT2D eigenvalue weighted by Gasteiger charge is 2.08. The van der Waals surface area contributed by atoms with Crippen molar-refractivity contribution in [1.82, 2.24) is 9.97 Å². The van der Waals surface area contributed by atoms with Crippen LogP contribution >= 0.6 is 11.6 Å². The van der Waals surface area contributed by atoms with Gasteiger partial charge in [-0.15, -0.1) is 0 Å². The molecule has 0 radical (unpaired) electrons. The van der Waals surface area contributed by atoms with Crippen LogP contribution in [0.3, 0.4) is 0 Å². The van der Waals surface area contributed by atoms with E-state index in [1.165, 1.54) is 0 Å². The molecule has 0 saturated heterocycles. The summed E-state index contributed by atoms with van der Waals surface area (Å²) in [5.74, 6) is 1.24. The highest BCUT2D eigenvalue weighted by molar-refractivity contribution is 6.33. The van der Waals surface area contributed by atoms with Gasteiger partial charge < -0.3 is 0 Å². The molecule has 0 amide bonds. The third kappa shape index (κ3) is 4.24. The smallest absolute Gasteiger partial charge is 0.162 e. The number of benzene rings is 3. The molecular formula is C23H17ClN4. The van der Waals surface area contributed by atoms with Crippen LogP contribution in [0.1, 0.15) is 5.56 Å². The normalized spacial score (nSPS) is 10.9. The third-order valence-electron chi connectivity index (χ3n) is 4.12. The highest BCUT2D eigenvalue weighted by atomic mass is 35.5. The molecule has 0 atom stereocenters. The number of nitrogens with one attached hydrogen (secondary N) is 1. The van der Waals surface area contributed by atoms with E-state index in [2.05, 4.69) is 15.5 Å². The molecule has 5 heteroatoms. The molecule has 0 fully saturated rings. The van der Waals surface area contributed by atoms with Crippen LogP contribution in [0.5, 0.6) is 0 Å². The first-order chi connectivity index (χ1) is 13.8. The van der Waals surface area contributed by atoms with E-state index >= 15 is 0 Å². The summed E-state index contributed by atoms with van der Waals surface area (Å²) >= 11 is 6.17. The number of nitrogens with zero attached hydrogens (tertiary/aromatic N) is 3. The second kappa shape index (κ2) is 8.46. The third-order valence-corrected chi connectivity index (χ3v) is 4.46. The first kappa shape index (κ1) is 17.9. The van der Waals surface area contributed by atoms with Gasteiger partial charge in [0, 0.05) is 27.8 Å². The fourth-order valence-electron chi connectivity index (χ4n) is 2.73. The standard InChI is InChI=1S/C23H17ClN4/c24-20-14-8-7-13-19(20)16-25-28-22-15-21(17-9-3-1-4-10-17)26-23(27-22)18-11-5-2-6-12-18/h1-16H,(H,26,27,28). The summed E-state index contributed by atoms with van der Waals surface area (Å²) in [6.07, 6.45) is 1.68. The quantitative estimate of drug-likeness (QED) is 0.343. The molecular weight excluding hydrogens is 368 g/mol. The van der Waals surface area contributed by atoms with Crippen LogP contribution in [-0.2, 0) is 0 Å². The fraction of sp³-hybridized carbons (Fsp3) is 0. The van der Waals surface area contributed by atoms with E-state index in [9.17, 15) is 0 Å². The number of halogens is 1. The Kier molecular flexibility index (Phi) is 5.41. The van der Waals surface area contributed by atoms with Crippen LogP contribution in [-0.4, -0.2) is 16.2 Å². The molecule has 0 spiro atoms. The summed E-state index contributed by atoms with van der Waals surface area (Å²) in [6.45, 7) is 0. The van der Waals surface area contributed by atoms with Crippen LogP contribution in [0.15, 0.2) is 96.1 Å². The van der Waals surface area contributed by atoms with Crippen molar-refractivity contribution in [2.24, 2.45) is 5.10 Å². The minimum atomic E-state index is 0.607. The lowest BCUT2D eigenvalue weighted by molar-refractivity contribution is 1.15. The fourth-order valence-corrected chi connectivity index (χ4v) is 2.91. The zero-order valence-corrected chi connectivity index (χ0v) is 15.7. The molecule has 1 aromatic heterocycles. The van der Waals surface area contributed by atoms with Crippen LogP contribution in [0.2, 0.25) is 5.02 Å². The second-order valence-corrected chi connectivity index (χ2v) is 6.49. The Morgan fingerprint density at radius 2 is 1.39 bits per heavy atom. The van der Waals surface area contributed by atoms with Crippen LogP contribution in [0, 0.1) is 0 Å². The van der Waals surface area contributed by atoms with E-state index in [1.807, 2.05) is 91.0 Å². The molecule has 136 valence electrons. The number of hydrazone groups is 1. The largest absolute Gasteiger partial charge is 0.261 e. The van der Waals surface area contributed by atoms with Gasteiger partial charge in [-0.05, 0) is 6.07 Å². The van der Waals surface area contributed by atoms with Crippen LogP contribution < -0.4 is 5.43 Å². The molecule has 0 bridgehead atoms. The maximum Gasteiger partial charge on any atom is 0.162 e. The molecule has 3 aromatic carbocycles. The minimum Gasteiger partial charge on any atom is -0.261 e. The number of anilines is 1. The first-order valence-corrected chi connectivity index (χ1v) is 9.21. The van der Waals surface area contributed by atoms with Crippen molar-refractivity contribution >= 4 is 23.6 Å². The van der Waals surface area contributed by atoms with Gasteiger partial charge in [0.15, 0.2) is 11.6 Å². The zero-order chi connectivity index (χ0) is 19.2. The zero-order valence-electron chi connectivity index (χ0n) is 15.0. The Morgan fingerprint density at radius 1 is 0.750 bits per heavy atom. The van der Waals surface area contributed by atoms with Gasteiger partial charge >= 0.3 is 0 Å². The Balaban J connectivity index is 1.69. The molecule has 0 aliphatic carbocycles. The average Bonchev–Trinajstić information content (AvgIpc) is 2.76. The predicted molar refractivity (Wildman–Crippen MR) is 116 cm³/mol. The SMILES string of the molecule is Clc1ccccc1C=NNc1cc(-c2ccccc2)nc(-c2ccccc2)n1. The molecule has 1 heterocycles. The summed E-state index contributed by atoms with van der Waals surface area (Å²) in [4.78, 5) is 9.34. The molecule has 0 aliphatic rings. The van der Waals surface area contributed by atoms with E-state index in [4.69, 9.17) is 16.6 Å². The van der Waals surface area contributed by atoms with Crippen LogP contribution in [0.4, 0.5) is 5.82 Å². The maximum atomic E-state index is 6.17. The first-order valence-electron chi connectivity index (χ1n) is 8.83. The van der Waals surface area contributed by atoms with Crippen molar-refractivity contribution in [2.45, 2.75) is 0 Å². The van der Waals surface area contributed by atoms with E-state index in [0.717, 1.165) is 22.4 Å². The lowest BCUT2D eigenvalue weighted by Crippen LogP contribution is -1.99. The molecule has 0 aliphatic heterocycles. The Labute approximate surface area is 168 Å². The van der Waals surface area contributed by atoms with Gasteiger partial charge in [-0.3, -0.25) is 5.43 Å². The average molecular weight is 385 g/mol. The van der Waals surface area contributed by atoms with Gasteiger partial charge in [-0.2, -0.15) is 5.10 Å². The van der Waals surface area contributed by atoms with Gasteiger partial charge in [0.1, 0.15) is 0 Å². The van der Waals surface area contributed by atoms with E-state index in [-0.39, 0.29) is 0 Å². The van der Waals surface area contributed by atoms with E-state index in [0.29, 0.717) is 16.7 Å². The second-order valence-electron chi connectivity index (χ2n) is 6.09. The Morgan fingerprint density at radius 3 is 2.11 bits per heavy atom. The van der Waals surface area contributed by atoms with Crippen molar-refractivity contribution in [3.8, 4) is 22.6 Å².